The van der Waals surface area contributed by atoms with Crippen LogP contribution in [0.25, 0.3) is 0 Å². The molecule has 0 spiro atoms. The number of carboxylic acids is 1. The van der Waals surface area contributed by atoms with Crippen molar-refractivity contribution in [3.05, 3.63) is 28.8 Å². The molecular weight excluding hydrogens is 300 g/mol. The molecule has 3 N–H and O–H groups in total. The smallest absolute Gasteiger partial charge is 0.329 e. The van der Waals surface area contributed by atoms with Crippen LogP contribution in [0.2, 0.25) is 5.02 Å². The highest BCUT2D eigenvalue weighted by Gasteiger charge is 2.45. The van der Waals surface area contributed by atoms with Crippen molar-refractivity contribution in [1.29, 1.82) is 0 Å². The molecule has 0 bridgehead atoms. The van der Waals surface area contributed by atoms with Crippen molar-refractivity contribution in [2.24, 2.45) is 0 Å². The number of rotatable bonds is 4. The molecule has 1 aromatic carbocycles. The van der Waals surface area contributed by atoms with Crippen LogP contribution in [-0.2, 0) is 4.79 Å². The van der Waals surface area contributed by atoms with Gasteiger partial charge in [-0.2, -0.15) is 5.48 Å². The molecule has 7 heteroatoms. The van der Waals surface area contributed by atoms with E-state index < -0.39 is 11.5 Å². The van der Waals surface area contributed by atoms with E-state index in [-0.39, 0.29) is 5.11 Å². The van der Waals surface area contributed by atoms with Gasteiger partial charge in [-0.15, -0.1) is 0 Å². The van der Waals surface area contributed by atoms with Crippen LogP contribution in [0.1, 0.15) is 24.8 Å². The highest BCUT2D eigenvalue weighted by atomic mass is 35.5. The molecule has 1 aromatic rings. The average Bonchev–Trinajstić information content (AvgIpc) is 2.34. The average molecular weight is 315 g/mol. The first-order valence-electron chi connectivity index (χ1n) is 6.17. The first-order chi connectivity index (χ1) is 9.43. The van der Waals surface area contributed by atoms with Gasteiger partial charge in [0.15, 0.2) is 5.75 Å². The third-order valence-corrected chi connectivity index (χ3v) is 3.79. The lowest BCUT2D eigenvalue weighted by Crippen LogP contribution is -2.61. The van der Waals surface area contributed by atoms with Crippen LogP contribution in [0.4, 0.5) is 0 Å². The van der Waals surface area contributed by atoms with Gasteiger partial charge in [-0.25, -0.2) is 4.79 Å². The van der Waals surface area contributed by atoms with E-state index in [1.54, 1.807) is 12.1 Å². The Bertz CT molecular complexity index is 546. The molecule has 0 atom stereocenters. The van der Waals surface area contributed by atoms with E-state index in [1.807, 2.05) is 13.0 Å². The number of carboxylic acid groups (broad SMARTS) is 1. The number of hydroxylamine groups is 1. The Morgan fingerprint density at radius 1 is 1.50 bits per heavy atom. The number of benzene rings is 1. The van der Waals surface area contributed by atoms with Crippen LogP contribution >= 0.6 is 23.8 Å². The van der Waals surface area contributed by atoms with Crippen LogP contribution in [-0.4, -0.2) is 21.7 Å². The van der Waals surface area contributed by atoms with E-state index in [0.29, 0.717) is 23.6 Å². The summed E-state index contributed by atoms with van der Waals surface area (Å²) in [6.45, 7) is 1.87. The predicted octanol–water partition coefficient (Wildman–Crippen LogP) is 2.41. The van der Waals surface area contributed by atoms with Crippen molar-refractivity contribution in [3.8, 4) is 5.75 Å². The van der Waals surface area contributed by atoms with Gasteiger partial charge < -0.3 is 15.3 Å². The Morgan fingerprint density at radius 3 is 2.75 bits per heavy atom. The number of thiocarbonyl (C=S) groups is 1. The molecule has 0 aromatic heterocycles. The molecule has 5 nitrogen and oxygen atoms in total. The van der Waals surface area contributed by atoms with E-state index >= 15 is 0 Å². The number of hydrogen-bond acceptors (Lipinski definition) is 3. The van der Waals surface area contributed by atoms with E-state index in [9.17, 15) is 9.90 Å². The summed E-state index contributed by atoms with van der Waals surface area (Å²) in [6, 6.07) is 5.23. The van der Waals surface area contributed by atoms with Gasteiger partial charge in [-0.3, -0.25) is 0 Å². The first-order valence-corrected chi connectivity index (χ1v) is 6.96. The zero-order valence-electron chi connectivity index (χ0n) is 10.9. The fraction of sp³-hybridized carbons (Fsp3) is 0.385. The lowest BCUT2D eigenvalue weighted by Gasteiger charge is -2.38. The molecule has 1 fully saturated rings. The second-order valence-corrected chi connectivity index (χ2v) is 5.65. The Hall–Kier alpha value is -1.53. The molecule has 1 aliphatic rings. The van der Waals surface area contributed by atoms with Gasteiger partial charge in [0, 0.05) is 11.1 Å². The monoisotopic (exact) mass is 314 g/mol. The molecule has 2 rings (SSSR count). The van der Waals surface area contributed by atoms with Crippen molar-refractivity contribution in [2.45, 2.75) is 31.7 Å². The Kier molecular flexibility index (Phi) is 4.35. The molecule has 108 valence electrons. The number of carbonyl (C=O) groups is 1. The number of halogens is 1. The third-order valence-electron chi connectivity index (χ3n) is 3.37. The second-order valence-electron chi connectivity index (χ2n) is 4.81. The minimum absolute atomic E-state index is 0.145. The fourth-order valence-electron chi connectivity index (χ4n) is 1.95. The zero-order chi connectivity index (χ0) is 14.8. The zero-order valence-corrected chi connectivity index (χ0v) is 12.5. The third kappa shape index (κ3) is 3.13. The molecule has 0 heterocycles. The van der Waals surface area contributed by atoms with Crippen LogP contribution in [0.5, 0.6) is 5.75 Å². The second kappa shape index (κ2) is 5.85. The summed E-state index contributed by atoms with van der Waals surface area (Å²) >= 11 is 10.9. The quantitative estimate of drug-likeness (QED) is 0.585. The van der Waals surface area contributed by atoms with Crippen LogP contribution in [0, 0.1) is 6.92 Å². The summed E-state index contributed by atoms with van der Waals surface area (Å²) in [7, 11) is 0. The van der Waals surface area contributed by atoms with Gasteiger partial charge >= 0.3 is 5.97 Å². The minimum Gasteiger partial charge on any atom is -0.480 e. The lowest BCUT2D eigenvalue weighted by molar-refractivity contribution is -0.147. The van der Waals surface area contributed by atoms with E-state index in [2.05, 4.69) is 10.8 Å². The molecule has 1 saturated carbocycles. The van der Waals surface area contributed by atoms with Crippen LogP contribution in [0.3, 0.4) is 0 Å². The van der Waals surface area contributed by atoms with E-state index in [4.69, 9.17) is 28.7 Å². The number of aliphatic carboxylic acids is 1. The van der Waals surface area contributed by atoms with E-state index in [0.717, 1.165) is 12.0 Å². The van der Waals surface area contributed by atoms with Gasteiger partial charge in [0.05, 0.1) is 0 Å². The lowest BCUT2D eigenvalue weighted by atomic mass is 9.77. The Labute approximate surface area is 127 Å². The number of nitrogens with one attached hydrogen (secondary N) is 2. The molecule has 20 heavy (non-hydrogen) atoms. The molecule has 0 amide bonds. The molecule has 0 unspecified atom stereocenters. The summed E-state index contributed by atoms with van der Waals surface area (Å²) in [5, 5.41) is 12.7. The Morgan fingerprint density at radius 2 is 2.20 bits per heavy atom. The normalized spacial score (nSPS) is 15.9. The number of hydrogen-bond donors (Lipinski definition) is 3. The Balaban J connectivity index is 1.92. The van der Waals surface area contributed by atoms with Crippen molar-refractivity contribution >= 4 is 34.9 Å². The van der Waals surface area contributed by atoms with Crippen molar-refractivity contribution in [3.63, 3.8) is 0 Å². The molecule has 1 aliphatic carbocycles. The van der Waals surface area contributed by atoms with Gasteiger partial charge in [0.25, 0.3) is 0 Å². The summed E-state index contributed by atoms with van der Waals surface area (Å²) in [5.41, 5.74) is 2.47. The maximum Gasteiger partial charge on any atom is 0.329 e. The molecular formula is C13H15ClN2O3S. The molecule has 0 aliphatic heterocycles. The minimum atomic E-state index is -0.961. The van der Waals surface area contributed by atoms with Gasteiger partial charge in [-0.05, 0) is 50.0 Å². The predicted molar refractivity (Wildman–Crippen MR) is 79.9 cm³/mol. The van der Waals surface area contributed by atoms with Crippen molar-refractivity contribution < 1.29 is 14.7 Å². The largest absolute Gasteiger partial charge is 0.480 e. The van der Waals surface area contributed by atoms with Crippen molar-refractivity contribution in [1.82, 2.24) is 10.8 Å². The SMILES string of the molecule is Cc1ccc(Cl)cc1ONC(=S)NC1(C(=O)O)CCC1. The van der Waals surface area contributed by atoms with Crippen LogP contribution < -0.4 is 15.6 Å². The fourth-order valence-corrected chi connectivity index (χ4v) is 2.35. The maximum absolute atomic E-state index is 11.2. The standard InChI is InChI=1S/C13H15ClN2O3S/c1-8-3-4-9(14)7-10(8)19-16-12(20)15-13(11(17)18)5-2-6-13/h3-4,7H,2,5-6H2,1H3,(H,17,18)(H2,15,16,20). The van der Waals surface area contributed by atoms with Gasteiger partial charge in [0.1, 0.15) is 5.54 Å². The summed E-state index contributed by atoms with van der Waals surface area (Å²) in [5.74, 6) is -0.355. The maximum atomic E-state index is 11.2. The highest BCUT2D eigenvalue weighted by Crippen LogP contribution is 2.32. The number of aryl methyl sites for hydroxylation is 1. The van der Waals surface area contributed by atoms with Crippen molar-refractivity contribution in [2.75, 3.05) is 0 Å². The summed E-state index contributed by atoms with van der Waals surface area (Å²) in [6.07, 6.45) is 1.98. The highest BCUT2D eigenvalue weighted by molar-refractivity contribution is 7.80. The summed E-state index contributed by atoms with van der Waals surface area (Å²) < 4.78 is 0. The van der Waals surface area contributed by atoms with Crippen LogP contribution in [0.15, 0.2) is 18.2 Å². The first kappa shape index (κ1) is 14.9. The molecule has 0 radical (unpaired) electrons. The topological polar surface area (TPSA) is 70.6 Å². The summed E-state index contributed by atoms with van der Waals surface area (Å²) in [4.78, 5) is 16.5. The van der Waals surface area contributed by atoms with Gasteiger partial charge in [0.2, 0.25) is 5.11 Å². The van der Waals surface area contributed by atoms with Gasteiger partial charge in [-0.1, -0.05) is 17.7 Å². The van der Waals surface area contributed by atoms with E-state index in [1.165, 1.54) is 0 Å². The molecule has 0 saturated heterocycles.